The number of aliphatic hydroxyl groups excluding tert-OH is 1. The zero-order valence-corrected chi connectivity index (χ0v) is 18.3. The standard InChI is InChI=1S/C25H42O2/c1-16(15-23(2,3)27)20-8-9-21-19-7-6-17-14-18(26)10-12-24(17,4)22(19)11-13-25(20,21)5/h6,16,18-22,26-27H,7-15H2,1-5H3/t16?,18?,19?,20-,21?,22?,24+,25-/m1/s1. The molecule has 27 heavy (non-hydrogen) atoms. The second-order valence-corrected chi connectivity index (χ2v) is 11.9. The van der Waals surface area contributed by atoms with Gasteiger partial charge in [0.05, 0.1) is 11.7 Å². The van der Waals surface area contributed by atoms with Crippen LogP contribution in [-0.2, 0) is 0 Å². The minimum Gasteiger partial charge on any atom is -0.393 e. The maximum atomic E-state index is 10.4. The van der Waals surface area contributed by atoms with E-state index < -0.39 is 5.60 Å². The molecule has 3 saturated carbocycles. The van der Waals surface area contributed by atoms with Crippen molar-refractivity contribution in [1.82, 2.24) is 0 Å². The molecule has 0 saturated heterocycles. The molecule has 0 aliphatic heterocycles. The number of fused-ring (bicyclic) bond motifs is 5. The quantitative estimate of drug-likeness (QED) is 0.620. The first-order valence-corrected chi connectivity index (χ1v) is 11.6. The van der Waals surface area contributed by atoms with Gasteiger partial charge in [-0.3, -0.25) is 0 Å². The number of hydrogen-bond donors (Lipinski definition) is 2. The SMILES string of the molecule is CC(CC(C)(C)O)[C@H]1CCC2C3CC=C4CC(O)CC[C@]4(C)C3CC[C@@]21C. The van der Waals surface area contributed by atoms with E-state index in [0.717, 1.165) is 42.9 Å². The van der Waals surface area contributed by atoms with Gasteiger partial charge < -0.3 is 10.2 Å². The van der Waals surface area contributed by atoms with Crippen LogP contribution < -0.4 is 0 Å². The molecule has 4 aliphatic carbocycles. The van der Waals surface area contributed by atoms with Gasteiger partial charge in [-0.25, -0.2) is 0 Å². The first kappa shape index (κ1) is 20.0. The summed E-state index contributed by atoms with van der Waals surface area (Å²) in [7, 11) is 0. The Morgan fingerprint density at radius 2 is 1.85 bits per heavy atom. The van der Waals surface area contributed by atoms with Crippen LogP contribution in [-0.4, -0.2) is 21.9 Å². The van der Waals surface area contributed by atoms with Crippen molar-refractivity contribution in [3.8, 4) is 0 Å². The maximum Gasteiger partial charge on any atom is 0.0594 e. The van der Waals surface area contributed by atoms with E-state index in [1.807, 2.05) is 13.8 Å². The molecule has 2 heteroatoms. The van der Waals surface area contributed by atoms with E-state index in [1.165, 1.54) is 38.5 Å². The third kappa shape index (κ3) is 3.23. The zero-order chi connectivity index (χ0) is 19.6. The van der Waals surface area contributed by atoms with Crippen LogP contribution in [0.2, 0.25) is 0 Å². The Hall–Kier alpha value is -0.340. The lowest BCUT2D eigenvalue weighted by atomic mass is 9.47. The predicted octanol–water partition coefficient (Wildman–Crippen LogP) is 5.72. The Bertz CT molecular complexity index is 602. The van der Waals surface area contributed by atoms with Crippen molar-refractivity contribution in [2.45, 2.75) is 104 Å². The van der Waals surface area contributed by atoms with Crippen molar-refractivity contribution in [1.29, 1.82) is 0 Å². The van der Waals surface area contributed by atoms with Crippen LogP contribution in [0, 0.1) is 40.4 Å². The van der Waals surface area contributed by atoms with Gasteiger partial charge in [0.1, 0.15) is 0 Å². The van der Waals surface area contributed by atoms with Crippen molar-refractivity contribution < 1.29 is 10.2 Å². The fourth-order valence-electron chi connectivity index (χ4n) is 8.55. The molecule has 0 heterocycles. The molecule has 0 aromatic heterocycles. The molecule has 5 unspecified atom stereocenters. The average molecular weight is 375 g/mol. The third-order valence-corrected chi connectivity index (χ3v) is 9.66. The molecule has 0 amide bonds. The normalized spacial score (nSPS) is 48.3. The summed E-state index contributed by atoms with van der Waals surface area (Å²) >= 11 is 0. The average Bonchev–Trinajstić information content (AvgIpc) is 2.91. The summed E-state index contributed by atoms with van der Waals surface area (Å²) in [4.78, 5) is 0. The van der Waals surface area contributed by atoms with Gasteiger partial charge in [-0.05, 0) is 112 Å². The Morgan fingerprint density at radius 3 is 2.56 bits per heavy atom. The van der Waals surface area contributed by atoms with Crippen LogP contribution in [0.25, 0.3) is 0 Å². The molecular weight excluding hydrogens is 332 g/mol. The van der Waals surface area contributed by atoms with Crippen LogP contribution >= 0.6 is 0 Å². The summed E-state index contributed by atoms with van der Waals surface area (Å²) in [6.07, 6.45) is 13.2. The highest BCUT2D eigenvalue weighted by Crippen LogP contribution is 2.67. The molecule has 154 valence electrons. The Labute approximate surface area is 166 Å². The molecule has 0 aromatic rings. The highest BCUT2D eigenvalue weighted by atomic mass is 16.3. The summed E-state index contributed by atoms with van der Waals surface area (Å²) in [6.45, 7) is 11.5. The number of rotatable bonds is 3. The van der Waals surface area contributed by atoms with Crippen LogP contribution in [0.15, 0.2) is 11.6 Å². The largest absolute Gasteiger partial charge is 0.393 e. The van der Waals surface area contributed by atoms with Crippen molar-refractivity contribution >= 4 is 0 Å². The lowest BCUT2D eigenvalue weighted by molar-refractivity contribution is -0.0626. The molecule has 2 N–H and O–H groups in total. The van der Waals surface area contributed by atoms with E-state index in [0.29, 0.717) is 16.7 Å². The van der Waals surface area contributed by atoms with Gasteiger partial charge in [-0.2, -0.15) is 0 Å². The smallest absolute Gasteiger partial charge is 0.0594 e. The molecule has 0 bridgehead atoms. The zero-order valence-electron chi connectivity index (χ0n) is 18.3. The second kappa shape index (κ2) is 6.59. The van der Waals surface area contributed by atoms with E-state index >= 15 is 0 Å². The highest BCUT2D eigenvalue weighted by Gasteiger charge is 2.59. The molecule has 0 radical (unpaired) electrons. The molecule has 3 fully saturated rings. The summed E-state index contributed by atoms with van der Waals surface area (Å²) in [5.41, 5.74) is 1.84. The van der Waals surface area contributed by atoms with Gasteiger partial charge in [0.25, 0.3) is 0 Å². The van der Waals surface area contributed by atoms with E-state index in [1.54, 1.807) is 5.57 Å². The minimum absolute atomic E-state index is 0.103. The Morgan fingerprint density at radius 1 is 1.11 bits per heavy atom. The van der Waals surface area contributed by atoms with Gasteiger partial charge in [0.15, 0.2) is 0 Å². The first-order chi connectivity index (χ1) is 12.5. The van der Waals surface area contributed by atoms with Gasteiger partial charge in [-0.1, -0.05) is 32.4 Å². The molecule has 8 atom stereocenters. The van der Waals surface area contributed by atoms with Gasteiger partial charge >= 0.3 is 0 Å². The Kier molecular flexibility index (Phi) is 4.87. The van der Waals surface area contributed by atoms with Crippen LogP contribution in [0.1, 0.15) is 92.4 Å². The molecule has 0 spiro atoms. The monoisotopic (exact) mass is 374 g/mol. The number of hydrogen-bond acceptors (Lipinski definition) is 2. The fraction of sp³-hybridized carbons (Fsp3) is 0.920. The second-order valence-electron chi connectivity index (χ2n) is 11.9. The van der Waals surface area contributed by atoms with Crippen LogP contribution in [0.5, 0.6) is 0 Å². The summed E-state index contributed by atoms with van der Waals surface area (Å²) in [6, 6.07) is 0. The summed E-state index contributed by atoms with van der Waals surface area (Å²) < 4.78 is 0. The molecule has 0 aromatic carbocycles. The summed E-state index contributed by atoms with van der Waals surface area (Å²) in [5.74, 6) is 3.89. The Balaban J connectivity index is 1.57. The van der Waals surface area contributed by atoms with Gasteiger partial charge in [0.2, 0.25) is 0 Å². The van der Waals surface area contributed by atoms with Gasteiger partial charge in [-0.15, -0.1) is 0 Å². The minimum atomic E-state index is -0.552. The van der Waals surface area contributed by atoms with Crippen LogP contribution in [0.3, 0.4) is 0 Å². The number of aliphatic hydroxyl groups is 2. The third-order valence-electron chi connectivity index (χ3n) is 9.66. The van der Waals surface area contributed by atoms with Crippen LogP contribution in [0.4, 0.5) is 0 Å². The number of allylic oxidation sites excluding steroid dienone is 1. The lowest BCUT2D eigenvalue weighted by Gasteiger charge is -2.58. The topological polar surface area (TPSA) is 40.5 Å². The van der Waals surface area contributed by atoms with Crippen molar-refractivity contribution in [2.24, 2.45) is 40.4 Å². The van der Waals surface area contributed by atoms with Crippen molar-refractivity contribution in [3.63, 3.8) is 0 Å². The van der Waals surface area contributed by atoms with Gasteiger partial charge in [0, 0.05) is 0 Å². The fourth-order valence-corrected chi connectivity index (χ4v) is 8.55. The summed E-state index contributed by atoms with van der Waals surface area (Å²) in [5, 5.41) is 20.5. The molecule has 4 rings (SSSR count). The molecule has 4 aliphatic rings. The van der Waals surface area contributed by atoms with E-state index in [4.69, 9.17) is 0 Å². The molecule has 2 nitrogen and oxygen atoms in total. The van der Waals surface area contributed by atoms with E-state index in [-0.39, 0.29) is 6.10 Å². The van der Waals surface area contributed by atoms with E-state index in [9.17, 15) is 10.2 Å². The van der Waals surface area contributed by atoms with Crippen molar-refractivity contribution in [3.05, 3.63) is 11.6 Å². The predicted molar refractivity (Wildman–Crippen MR) is 111 cm³/mol. The van der Waals surface area contributed by atoms with E-state index in [2.05, 4.69) is 26.8 Å². The lowest BCUT2D eigenvalue weighted by Crippen LogP contribution is -2.51. The molecular formula is C25H42O2. The highest BCUT2D eigenvalue weighted by molar-refractivity contribution is 5.25. The maximum absolute atomic E-state index is 10.4. The van der Waals surface area contributed by atoms with Crippen molar-refractivity contribution in [2.75, 3.05) is 0 Å². The first-order valence-electron chi connectivity index (χ1n) is 11.6.